The first-order valence-corrected chi connectivity index (χ1v) is 9.35. The molecule has 0 aliphatic carbocycles. The van der Waals surface area contributed by atoms with Gasteiger partial charge in [0, 0.05) is 30.8 Å². The maximum Gasteiger partial charge on any atom is 0.230 e. The van der Waals surface area contributed by atoms with Crippen LogP contribution in [0.25, 0.3) is 11.0 Å². The summed E-state index contributed by atoms with van der Waals surface area (Å²) in [6, 6.07) is 5.98. The van der Waals surface area contributed by atoms with E-state index in [-0.39, 0.29) is 11.9 Å². The zero-order chi connectivity index (χ0) is 19.0. The lowest BCUT2D eigenvalue weighted by Crippen LogP contribution is -2.36. The quantitative estimate of drug-likeness (QED) is 0.761. The molecule has 7 nitrogen and oxygen atoms in total. The molecular weight excluding hydrogens is 342 g/mol. The number of nitrogens with zero attached hydrogens (tertiary/aromatic N) is 4. The number of nitrogens with one attached hydrogen (secondary N) is 1. The molecular formula is C20H25N5O2. The summed E-state index contributed by atoms with van der Waals surface area (Å²) in [5, 5.41) is 8.53. The maximum atomic E-state index is 12.3. The normalized spacial score (nSPS) is 16.0. The second-order valence-electron chi connectivity index (χ2n) is 8.05. The van der Waals surface area contributed by atoms with Crippen molar-refractivity contribution in [2.75, 3.05) is 23.3 Å². The van der Waals surface area contributed by atoms with Crippen LogP contribution in [-0.4, -0.2) is 33.8 Å². The SMILES string of the molecule is CC(C)(C)C(=O)Nc1ccnn1C1CCN(c2nccc3occc23)CC1. The van der Waals surface area contributed by atoms with E-state index in [1.54, 1.807) is 18.7 Å². The summed E-state index contributed by atoms with van der Waals surface area (Å²) in [4.78, 5) is 19.2. The van der Waals surface area contributed by atoms with Gasteiger partial charge >= 0.3 is 0 Å². The highest BCUT2D eigenvalue weighted by molar-refractivity contribution is 5.93. The smallest absolute Gasteiger partial charge is 0.230 e. The largest absolute Gasteiger partial charge is 0.464 e. The van der Waals surface area contributed by atoms with Crippen molar-refractivity contribution in [3.8, 4) is 0 Å². The van der Waals surface area contributed by atoms with Gasteiger partial charge in [-0.1, -0.05) is 20.8 Å². The van der Waals surface area contributed by atoms with Gasteiger partial charge in [0.15, 0.2) is 0 Å². The molecule has 27 heavy (non-hydrogen) atoms. The summed E-state index contributed by atoms with van der Waals surface area (Å²) in [6.45, 7) is 7.49. The number of amides is 1. The Hall–Kier alpha value is -2.83. The molecule has 1 saturated heterocycles. The van der Waals surface area contributed by atoms with E-state index in [0.717, 1.165) is 48.5 Å². The Kier molecular flexibility index (Phi) is 4.37. The molecule has 4 rings (SSSR count). The van der Waals surface area contributed by atoms with Crippen LogP contribution in [0.1, 0.15) is 39.7 Å². The Morgan fingerprint density at radius 1 is 1.19 bits per heavy atom. The van der Waals surface area contributed by atoms with Crippen LogP contribution in [0.4, 0.5) is 11.6 Å². The molecule has 0 bridgehead atoms. The van der Waals surface area contributed by atoms with E-state index < -0.39 is 5.41 Å². The van der Waals surface area contributed by atoms with Gasteiger partial charge in [-0.25, -0.2) is 9.67 Å². The van der Waals surface area contributed by atoms with Gasteiger partial charge in [0.2, 0.25) is 5.91 Å². The maximum absolute atomic E-state index is 12.3. The number of rotatable bonds is 3. The molecule has 1 amide bonds. The van der Waals surface area contributed by atoms with Crippen LogP contribution < -0.4 is 10.2 Å². The summed E-state index contributed by atoms with van der Waals surface area (Å²) in [5.74, 6) is 1.74. The van der Waals surface area contributed by atoms with E-state index in [4.69, 9.17) is 4.42 Å². The highest BCUT2D eigenvalue weighted by atomic mass is 16.3. The van der Waals surface area contributed by atoms with Gasteiger partial charge in [0.05, 0.1) is 23.9 Å². The Labute approximate surface area is 158 Å². The minimum absolute atomic E-state index is 0.00229. The Bertz CT molecular complexity index is 945. The average Bonchev–Trinajstić information content (AvgIpc) is 3.30. The van der Waals surface area contributed by atoms with Crippen molar-refractivity contribution >= 4 is 28.5 Å². The third-order valence-corrected chi connectivity index (χ3v) is 5.06. The lowest BCUT2D eigenvalue weighted by atomic mass is 9.96. The average molecular weight is 367 g/mol. The molecule has 0 spiro atoms. The van der Waals surface area contributed by atoms with E-state index >= 15 is 0 Å². The first kappa shape index (κ1) is 17.6. The first-order chi connectivity index (χ1) is 12.9. The van der Waals surface area contributed by atoms with Crippen LogP contribution in [0.3, 0.4) is 0 Å². The lowest BCUT2D eigenvalue weighted by Gasteiger charge is -2.33. The molecule has 142 valence electrons. The fourth-order valence-electron chi connectivity index (χ4n) is 3.46. The second-order valence-corrected chi connectivity index (χ2v) is 8.05. The number of hydrogen-bond acceptors (Lipinski definition) is 5. The number of carbonyl (C=O) groups is 1. The van der Waals surface area contributed by atoms with Gasteiger partial charge in [0.1, 0.15) is 17.2 Å². The fraction of sp³-hybridized carbons (Fsp3) is 0.450. The van der Waals surface area contributed by atoms with Crippen LogP contribution in [0.15, 0.2) is 41.3 Å². The van der Waals surface area contributed by atoms with Crippen LogP contribution in [0.5, 0.6) is 0 Å². The monoisotopic (exact) mass is 367 g/mol. The number of anilines is 2. The number of fused-ring (bicyclic) bond motifs is 1. The minimum atomic E-state index is -0.437. The van der Waals surface area contributed by atoms with Gasteiger partial charge in [-0.05, 0) is 25.0 Å². The predicted molar refractivity (Wildman–Crippen MR) is 105 cm³/mol. The number of piperidine rings is 1. The Morgan fingerprint density at radius 2 is 1.96 bits per heavy atom. The molecule has 0 atom stereocenters. The molecule has 1 fully saturated rings. The standard InChI is InChI=1S/C20H25N5O2/c1-20(2,3)19(26)23-17-5-10-22-25(17)14-6-11-24(12-7-14)18-15-8-13-27-16(15)4-9-21-18/h4-5,8-10,13-14H,6-7,11-12H2,1-3H3,(H,23,26). The molecule has 1 aliphatic rings. The first-order valence-electron chi connectivity index (χ1n) is 9.35. The summed E-state index contributed by atoms with van der Waals surface area (Å²) < 4.78 is 7.44. The molecule has 1 N–H and O–H groups in total. The van der Waals surface area contributed by atoms with Crippen molar-refractivity contribution in [1.29, 1.82) is 0 Å². The predicted octanol–water partition coefficient (Wildman–Crippen LogP) is 3.85. The third kappa shape index (κ3) is 3.41. The topological polar surface area (TPSA) is 76.2 Å². The Balaban J connectivity index is 1.47. The Morgan fingerprint density at radius 3 is 2.70 bits per heavy atom. The van der Waals surface area contributed by atoms with Gasteiger partial charge in [-0.15, -0.1) is 0 Å². The zero-order valence-corrected chi connectivity index (χ0v) is 16.0. The van der Waals surface area contributed by atoms with E-state index in [1.165, 1.54) is 0 Å². The second kappa shape index (κ2) is 6.72. The molecule has 0 unspecified atom stereocenters. The van der Waals surface area contributed by atoms with Gasteiger partial charge in [-0.2, -0.15) is 5.10 Å². The zero-order valence-electron chi connectivity index (χ0n) is 16.0. The van der Waals surface area contributed by atoms with E-state index in [9.17, 15) is 4.79 Å². The van der Waals surface area contributed by atoms with Gasteiger partial charge < -0.3 is 14.6 Å². The van der Waals surface area contributed by atoms with E-state index in [0.29, 0.717) is 0 Å². The van der Waals surface area contributed by atoms with Crippen molar-refractivity contribution in [3.05, 3.63) is 36.9 Å². The fourth-order valence-corrected chi connectivity index (χ4v) is 3.46. The van der Waals surface area contributed by atoms with E-state index in [2.05, 4.69) is 20.3 Å². The van der Waals surface area contributed by atoms with Crippen molar-refractivity contribution in [2.24, 2.45) is 5.41 Å². The number of pyridine rings is 1. The third-order valence-electron chi connectivity index (χ3n) is 5.06. The number of furan rings is 1. The van der Waals surface area contributed by atoms with E-state index in [1.807, 2.05) is 43.7 Å². The van der Waals surface area contributed by atoms with Crippen LogP contribution in [0, 0.1) is 5.41 Å². The molecule has 0 aromatic carbocycles. The number of aromatic nitrogens is 3. The van der Waals surface area contributed by atoms with Gasteiger partial charge in [-0.3, -0.25) is 4.79 Å². The molecule has 4 heterocycles. The van der Waals surface area contributed by atoms with Crippen molar-refractivity contribution in [2.45, 2.75) is 39.7 Å². The molecule has 0 radical (unpaired) electrons. The van der Waals surface area contributed by atoms with Gasteiger partial charge in [0.25, 0.3) is 0 Å². The molecule has 7 heteroatoms. The number of hydrogen-bond donors (Lipinski definition) is 1. The summed E-state index contributed by atoms with van der Waals surface area (Å²) in [7, 11) is 0. The minimum Gasteiger partial charge on any atom is -0.464 e. The molecule has 0 saturated carbocycles. The van der Waals surface area contributed by atoms with Crippen molar-refractivity contribution < 1.29 is 9.21 Å². The lowest BCUT2D eigenvalue weighted by molar-refractivity contribution is -0.123. The number of carbonyl (C=O) groups excluding carboxylic acids is 1. The molecule has 3 aromatic heterocycles. The summed E-state index contributed by atoms with van der Waals surface area (Å²) in [5.41, 5.74) is 0.425. The molecule has 3 aromatic rings. The highest BCUT2D eigenvalue weighted by Gasteiger charge is 2.27. The van der Waals surface area contributed by atoms with Crippen molar-refractivity contribution in [1.82, 2.24) is 14.8 Å². The summed E-state index contributed by atoms with van der Waals surface area (Å²) >= 11 is 0. The van der Waals surface area contributed by atoms with Crippen LogP contribution in [-0.2, 0) is 4.79 Å². The van der Waals surface area contributed by atoms with Crippen molar-refractivity contribution in [3.63, 3.8) is 0 Å². The highest BCUT2D eigenvalue weighted by Crippen LogP contribution is 2.31. The van der Waals surface area contributed by atoms with Crippen LogP contribution >= 0.6 is 0 Å². The molecule has 1 aliphatic heterocycles. The van der Waals surface area contributed by atoms with Crippen LogP contribution in [0.2, 0.25) is 0 Å². The summed E-state index contributed by atoms with van der Waals surface area (Å²) in [6.07, 6.45) is 7.13.